The topological polar surface area (TPSA) is 92.8 Å². The molecule has 150 valence electrons. The number of carbonyl (C=O) groups is 2. The highest BCUT2D eigenvalue weighted by molar-refractivity contribution is 7.89. The lowest BCUT2D eigenvalue weighted by Crippen LogP contribution is -2.31. The van der Waals surface area contributed by atoms with Crippen molar-refractivity contribution in [1.82, 2.24) is 4.72 Å². The molecule has 1 aromatic carbocycles. The third kappa shape index (κ3) is 4.43. The Hall–Kier alpha value is -2.23. The first-order valence-electron chi connectivity index (χ1n) is 8.85. The van der Waals surface area contributed by atoms with Crippen LogP contribution in [0, 0.1) is 6.92 Å². The van der Waals surface area contributed by atoms with Gasteiger partial charge in [-0.15, -0.1) is 11.3 Å². The number of esters is 1. The zero-order chi connectivity index (χ0) is 20.3. The Balaban J connectivity index is 1.86. The summed E-state index contributed by atoms with van der Waals surface area (Å²) in [4.78, 5) is 26.2. The molecule has 1 atom stereocenters. The van der Waals surface area contributed by atoms with Crippen LogP contribution in [0.15, 0.2) is 40.6 Å². The van der Waals surface area contributed by atoms with Gasteiger partial charge in [0.05, 0.1) is 24.5 Å². The first-order valence-corrected chi connectivity index (χ1v) is 11.2. The molecule has 1 amide bonds. The summed E-state index contributed by atoms with van der Waals surface area (Å²) in [5, 5.41) is 1.82. The number of benzene rings is 1. The van der Waals surface area contributed by atoms with Gasteiger partial charge in [-0.05, 0) is 48.6 Å². The predicted octanol–water partition coefficient (Wildman–Crippen LogP) is 2.77. The summed E-state index contributed by atoms with van der Waals surface area (Å²) in [5.41, 5.74) is 1.23. The fourth-order valence-corrected chi connectivity index (χ4v) is 5.51. The van der Waals surface area contributed by atoms with E-state index in [2.05, 4.69) is 4.72 Å². The van der Waals surface area contributed by atoms with Crippen LogP contribution in [0.2, 0.25) is 0 Å². The van der Waals surface area contributed by atoms with E-state index in [0.717, 1.165) is 11.3 Å². The van der Waals surface area contributed by atoms with Gasteiger partial charge in [0, 0.05) is 23.5 Å². The zero-order valence-electron chi connectivity index (χ0n) is 15.7. The molecule has 1 fully saturated rings. The highest BCUT2D eigenvalue weighted by Crippen LogP contribution is 2.29. The number of anilines is 1. The van der Waals surface area contributed by atoms with Crippen LogP contribution < -0.4 is 9.62 Å². The van der Waals surface area contributed by atoms with Crippen molar-refractivity contribution in [2.75, 3.05) is 18.6 Å². The molecular weight excluding hydrogens is 400 g/mol. The van der Waals surface area contributed by atoms with Crippen LogP contribution in [0.1, 0.15) is 35.7 Å². The third-order valence-corrected chi connectivity index (χ3v) is 7.23. The number of nitrogens with one attached hydrogen (secondary N) is 1. The van der Waals surface area contributed by atoms with Crippen LogP contribution in [0.3, 0.4) is 0 Å². The second-order valence-electron chi connectivity index (χ2n) is 6.57. The van der Waals surface area contributed by atoms with E-state index in [0.29, 0.717) is 24.2 Å². The van der Waals surface area contributed by atoms with Gasteiger partial charge in [-0.1, -0.05) is 6.07 Å². The monoisotopic (exact) mass is 422 g/mol. The van der Waals surface area contributed by atoms with Gasteiger partial charge >= 0.3 is 5.97 Å². The molecule has 2 aromatic rings. The average molecular weight is 423 g/mol. The van der Waals surface area contributed by atoms with Gasteiger partial charge in [0.15, 0.2) is 0 Å². The second kappa shape index (κ2) is 8.42. The van der Waals surface area contributed by atoms with Crippen LogP contribution in [0.4, 0.5) is 5.69 Å². The van der Waals surface area contributed by atoms with Gasteiger partial charge in [-0.3, -0.25) is 9.59 Å². The Morgan fingerprint density at radius 2 is 2.14 bits per heavy atom. The van der Waals surface area contributed by atoms with Crippen molar-refractivity contribution < 1.29 is 22.7 Å². The number of rotatable bonds is 7. The first-order chi connectivity index (χ1) is 13.3. The molecule has 0 bridgehead atoms. The molecular formula is C19H22N2O5S2. The van der Waals surface area contributed by atoms with Gasteiger partial charge in [0.1, 0.15) is 0 Å². The number of ether oxygens (including phenoxy) is 1. The summed E-state index contributed by atoms with van der Waals surface area (Å²) in [6.45, 7) is 2.33. The van der Waals surface area contributed by atoms with Crippen LogP contribution in [0.5, 0.6) is 0 Å². The number of thiophene rings is 1. The minimum atomic E-state index is -3.88. The van der Waals surface area contributed by atoms with E-state index >= 15 is 0 Å². The van der Waals surface area contributed by atoms with E-state index < -0.39 is 22.0 Å². The Labute approximate surface area is 168 Å². The van der Waals surface area contributed by atoms with E-state index in [1.54, 1.807) is 36.1 Å². The van der Waals surface area contributed by atoms with E-state index in [9.17, 15) is 18.0 Å². The lowest BCUT2D eigenvalue weighted by Gasteiger charge is -2.20. The minimum Gasteiger partial charge on any atom is -0.469 e. The summed E-state index contributed by atoms with van der Waals surface area (Å²) in [6, 6.07) is 7.71. The van der Waals surface area contributed by atoms with Crippen molar-refractivity contribution in [1.29, 1.82) is 0 Å². The molecule has 28 heavy (non-hydrogen) atoms. The maximum absolute atomic E-state index is 13.0. The molecule has 1 unspecified atom stereocenters. The Kier molecular flexibility index (Phi) is 6.17. The SMILES string of the molecule is COC(=O)CC(NS(=O)(=O)c1ccc(N2CCCC2=O)cc1C)c1cccs1. The number of amides is 1. The largest absolute Gasteiger partial charge is 0.469 e. The number of carbonyl (C=O) groups excluding carboxylic acids is 2. The second-order valence-corrected chi connectivity index (χ2v) is 9.23. The smallest absolute Gasteiger partial charge is 0.307 e. The number of hydrogen-bond acceptors (Lipinski definition) is 6. The number of sulfonamides is 1. The molecule has 1 N–H and O–H groups in total. The van der Waals surface area contributed by atoms with Gasteiger partial charge < -0.3 is 9.64 Å². The Bertz CT molecular complexity index is 970. The zero-order valence-corrected chi connectivity index (χ0v) is 17.3. The maximum atomic E-state index is 13.0. The average Bonchev–Trinajstić information content (AvgIpc) is 3.32. The highest BCUT2D eigenvalue weighted by atomic mass is 32.2. The molecule has 1 aromatic heterocycles. The molecule has 0 radical (unpaired) electrons. The van der Waals surface area contributed by atoms with Crippen molar-refractivity contribution in [2.24, 2.45) is 0 Å². The molecule has 7 nitrogen and oxygen atoms in total. The quantitative estimate of drug-likeness (QED) is 0.693. The summed E-state index contributed by atoms with van der Waals surface area (Å²) in [5.74, 6) is -0.454. The molecule has 0 spiro atoms. The van der Waals surface area contributed by atoms with Gasteiger partial charge in [-0.25, -0.2) is 13.1 Å². The van der Waals surface area contributed by atoms with E-state index in [1.165, 1.54) is 24.5 Å². The summed E-state index contributed by atoms with van der Waals surface area (Å²) in [7, 11) is -2.61. The first kappa shape index (κ1) is 20.5. The van der Waals surface area contributed by atoms with E-state index in [1.807, 2.05) is 5.38 Å². The van der Waals surface area contributed by atoms with Crippen molar-refractivity contribution >= 4 is 38.9 Å². The molecule has 1 saturated heterocycles. The summed E-state index contributed by atoms with van der Waals surface area (Å²) in [6.07, 6.45) is 1.21. The molecule has 0 aliphatic carbocycles. The van der Waals surface area contributed by atoms with Crippen LogP contribution in [-0.2, 0) is 24.3 Å². The van der Waals surface area contributed by atoms with Crippen molar-refractivity contribution in [3.63, 3.8) is 0 Å². The normalized spacial score (nSPS) is 15.6. The Morgan fingerprint density at radius 1 is 1.36 bits per heavy atom. The van der Waals surface area contributed by atoms with Crippen molar-refractivity contribution in [3.8, 4) is 0 Å². The van der Waals surface area contributed by atoms with E-state index in [4.69, 9.17) is 4.74 Å². The maximum Gasteiger partial charge on any atom is 0.307 e. The van der Waals surface area contributed by atoms with Gasteiger partial charge in [0.2, 0.25) is 15.9 Å². The standard InChI is InChI=1S/C19H22N2O5S2/c1-13-11-14(21-9-3-6-18(21)22)7-8-17(13)28(24,25)20-15(12-19(23)26-2)16-5-4-10-27-16/h4-5,7-8,10-11,15,20H,3,6,9,12H2,1-2H3. The lowest BCUT2D eigenvalue weighted by atomic mass is 10.2. The minimum absolute atomic E-state index is 0.0453. The number of aryl methyl sites for hydroxylation is 1. The molecule has 2 heterocycles. The molecule has 9 heteroatoms. The van der Waals surface area contributed by atoms with Crippen LogP contribution in [0.25, 0.3) is 0 Å². The molecule has 3 rings (SSSR count). The molecule has 0 saturated carbocycles. The lowest BCUT2D eigenvalue weighted by molar-refractivity contribution is -0.141. The fraction of sp³-hybridized carbons (Fsp3) is 0.368. The van der Waals surface area contributed by atoms with Gasteiger partial charge in [0.25, 0.3) is 0 Å². The highest BCUT2D eigenvalue weighted by Gasteiger charge is 2.27. The number of nitrogens with zero attached hydrogens (tertiary/aromatic N) is 1. The van der Waals surface area contributed by atoms with E-state index in [-0.39, 0.29) is 17.2 Å². The predicted molar refractivity (Wildman–Crippen MR) is 107 cm³/mol. The molecule has 1 aliphatic rings. The fourth-order valence-electron chi connectivity index (χ4n) is 3.21. The van der Waals surface area contributed by atoms with Crippen LogP contribution in [-0.4, -0.2) is 33.9 Å². The Morgan fingerprint density at radius 3 is 2.71 bits per heavy atom. The number of hydrogen-bond donors (Lipinski definition) is 1. The van der Waals surface area contributed by atoms with Crippen molar-refractivity contribution in [3.05, 3.63) is 46.2 Å². The summed E-state index contributed by atoms with van der Waals surface area (Å²) < 4.78 is 33.3. The van der Waals surface area contributed by atoms with Gasteiger partial charge in [-0.2, -0.15) is 0 Å². The number of methoxy groups -OCH3 is 1. The third-order valence-electron chi connectivity index (χ3n) is 4.62. The summed E-state index contributed by atoms with van der Waals surface area (Å²) >= 11 is 1.36. The van der Waals surface area contributed by atoms with Crippen LogP contribution >= 0.6 is 11.3 Å². The van der Waals surface area contributed by atoms with Crippen molar-refractivity contribution in [2.45, 2.75) is 37.1 Å². The molecule has 1 aliphatic heterocycles.